The van der Waals surface area contributed by atoms with E-state index in [0.29, 0.717) is 5.69 Å². The molecule has 0 aliphatic heterocycles. The van der Waals surface area contributed by atoms with E-state index >= 15 is 0 Å². The molecule has 0 saturated heterocycles. The van der Waals surface area contributed by atoms with Gasteiger partial charge in [0.2, 0.25) is 0 Å². The van der Waals surface area contributed by atoms with Crippen LogP contribution in [0.5, 0.6) is 0 Å². The zero-order valence-corrected chi connectivity index (χ0v) is 11.5. The molecule has 18 heavy (non-hydrogen) atoms. The Bertz CT molecular complexity index is 489. The van der Waals surface area contributed by atoms with Gasteiger partial charge in [0.05, 0.1) is 0 Å². The first kappa shape index (κ1) is 12.9. The largest absolute Gasteiger partial charge is 0.465 e. The van der Waals surface area contributed by atoms with E-state index in [2.05, 4.69) is 39.1 Å². The molecule has 0 heterocycles. The molecular formula is C15H21NO2. The van der Waals surface area contributed by atoms with Crippen molar-refractivity contribution in [3.8, 4) is 0 Å². The van der Waals surface area contributed by atoms with E-state index < -0.39 is 6.09 Å². The summed E-state index contributed by atoms with van der Waals surface area (Å²) < 4.78 is 0. The maximum atomic E-state index is 10.7. The first-order valence-electron chi connectivity index (χ1n) is 6.37. The normalized spacial score (nSPS) is 20.0. The second-order valence-corrected chi connectivity index (χ2v) is 6.46. The summed E-state index contributed by atoms with van der Waals surface area (Å²) in [6.07, 6.45) is 1.28. The Kier molecular flexibility index (Phi) is 2.88. The van der Waals surface area contributed by atoms with Crippen LogP contribution in [-0.4, -0.2) is 11.2 Å². The van der Waals surface area contributed by atoms with Gasteiger partial charge in [-0.15, -0.1) is 0 Å². The fourth-order valence-electron chi connectivity index (χ4n) is 2.79. The molecule has 2 rings (SSSR count). The van der Waals surface area contributed by atoms with Gasteiger partial charge in [0.15, 0.2) is 0 Å². The van der Waals surface area contributed by atoms with Gasteiger partial charge in [-0.05, 0) is 46.9 Å². The van der Waals surface area contributed by atoms with Gasteiger partial charge in [-0.1, -0.05) is 33.8 Å². The van der Waals surface area contributed by atoms with E-state index in [1.807, 2.05) is 12.1 Å². The minimum absolute atomic E-state index is 0.112. The number of carboxylic acid groups (broad SMARTS) is 1. The third-order valence-electron chi connectivity index (χ3n) is 4.10. The van der Waals surface area contributed by atoms with Crippen molar-refractivity contribution in [1.29, 1.82) is 0 Å². The Hall–Kier alpha value is -1.51. The van der Waals surface area contributed by atoms with E-state index in [0.717, 1.165) is 6.42 Å². The zero-order valence-electron chi connectivity index (χ0n) is 11.5. The summed E-state index contributed by atoms with van der Waals surface area (Å²) in [6, 6.07) is 5.92. The highest BCUT2D eigenvalue weighted by molar-refractivity contribution is 5.83. The number of benzene rings is 1. The molecule has 3 nitrogen and oxygen atoms in total. The molecule has 0 aromatic heterocycles. The molecule has 1 aromatic carbocycles. The molecule has 1 aliphatic carbocycles. The highest BCUT2D eigenvalue weighted by Gasteiger charge is 2.36. The lowest BCUT2D eigenvalue weighted by atomic mass is 9.63. The third-order valence-corrected chi connectivity index (χ3v) is 4.10. The molecule has 0 unspecified atom stereocenters. The third kappa shape index (κ3) is 2.22. The summed E-state index contributed by atoms with van der Waals surface area (Å²) >= 11 is 0. The van der Waals surface area contributed by atoms with E-state index in [4.69, 9.17) is 5.11 Å². The van der Waals surface area contributed by atoms with Crippen molar-refractivity contribution in [2.75, 3.05) is 5.32 Å². The van der Waals surface area contributed by atoms with Crippen LogP contribution in [0, 0.1) is 0 Å². The fraction of sp³-hybridized carbons (Fsp3) is 0.533. The Labute approximate surface area is 108 Å². The van der Waals surface area contributed by atoms with Crippen molar-refractivity contribution in [3.05, 3.63) is 29.3 Å². The molecule has 0 saturated carbocycles. The standard InChI is InChI=1S/C15H21NO2/c1-14(2)7-8-15(3,4)12-9-10(16-13(17)18)5-6-11(12)14/h5-6,9,16H,7-8H2,1-4H3,(H,17,18). The lowest BCUT2D eigenvalue weighted by Crippen LogP contribution is -2.33. The highest BCUT2D eigenvalue weighted by atomic mass is 16.4. The van der Waals surface area contributed by atoms with Gasteiger partial charge >= 0.3 is 6.09 Å². The van der Waals surface area contributed by atoms with Crippen molar-refractivity contribution in [1.82, 2.24) is 0 Å². The second-order valence-electron chi connectivity index (χ2n) is 6.46. The van der Waals surface area contributed by atoms with Gasteiger partial charge in [0.25, 0.3) is 0 Å². The molecule has 2 N–H and O–H groups in total. The molecule has 98 valence electrons. The van der Waals surface area contributed by atoms with Crippen LogP contribution in [0.15, 0.2) is 18.2 Å². The number of amides is 1. The number of fused-ring (bicyclic) bond motifs is 1. The van der Waals surface area contributed by atoms with Crippen molar-refractivity contribution in [2.45, 2.75) is 51.4 Å². The van der Waals surface area contributed by atoms with E-state index in [1.54, 1.807) is 0 Å². The van der Waals surface area contributed by atoms with Crippen molar-refractivity contribution >= 4 is 11.8 Å². The molecule has 0 spiro atoms. The van der Waals surface area contributed by atoms with Gasteiger partial charge in [0, 0.05) is 5.69 Å². The summed E-state index contributed by atoms with van der Waals surface area (Å²) in [5.41, 5.74) is 3.56. The van der Waals surface area contributed by atoms with E-state index in [1.165, 1.54) is 17.5 Å². The summed E-state index contributed by atoms with van der Waals surface area (Å²) in [6.45, 7) is 8.97. The molecule has 3 heteroatoms. The molecular weight excluding hydrogens is 226 g/mol. The monoisotopic (exact) mass is 247 g/mol. The van der Waals surface area contributed by atoms with E-state index in [9.17, 15) is 4.79 Å². The Balaban J connectivity index is 2.51. The number of rotatable bonds is 1. The number of anilines is 1. The van der Waals surface area contributed by atoms with Crippen LogP contribution < -0.4 is 5.32 Å². The fourth-order valence-corrected chi connectivity index (χ4v) is 2.79. The number of nitrogens with one attached hydrogen (secondary N) is 1. The summed E-state index contributed by atoms with van der Waals surface area (Å²) in [7, 11) is 0. The van der Waals surface area contributed by atoms with Crippen LogP contribution in [0.4, 0.5) is 10.5 Å². The predicted molar refractivity (Wildman–Crippen MR) is 73.4 cm³/mol. The van der Waals surface area contributed by atoms with Crippen LogP contribution in [0.1, 0.15) is 51.7 Å². The maximum absolute atomic E-state index is 10.7. The minimum atomic E-state index is -1.01. The molecule has 0 radical (unpaired) electrons. The highest BCUT2D eigenvalue weighted by Crippen LogP contribution is 2.46. The smallest absolute Gasteiger partial charge is 0.409 e. The Morgan fingerprint density at radius 3 is 2.22 bits per heavy atom. The van der Waals surface area contributed by atoms with E-state index in [-0.39, 0.29) is 10.8 Å². The molecule has 1 aliphatic rings. The lowest BCUT2D eigenvalue weighted by Gasteiger charge is -2.42. The number of carbonyl (C=O) groups is 1. The average Bonchev–Trinajstić information content (AvgIpc) is 2.24. The van der Waals surface area contributed by atoms with Crippen LogP contribution in [0.3, 0.4) is 0 Å². The van der Waals surface area contributed by atoms with Crippen molar-refractivity contribution in [2.24, 2.45) is 0 Å². The van der Waals surface area contributed by atoms with Gasteiger partial charge in [-0.25, -0.2) is 4.79 Å². The molecule has 1 aromatic rings. The predicted octanol–water partition coefficient (Wildman–Crippen LogP) is 4.13. The first-order chi connectivity index (χ1) is 8.22. The topological polar surface area (TPSA) is 49.3 Å². The second kappa shape index (κ2) is 4.01. The number of hydrogen-bond acceptors (Lipinski definition) is 1. The minimum Gasteiger partial charge on any atom is -0.465 e. The van der Waals surface area contributed by atoms with Crippen LogP contribution in [-0.2, 0) is 10.8 Å². The van der Waals surface area contributed by atoms with Gasteiger partial charge in [-0.3, -0.25) is 5.32 Å². The molecule has 0 fully saturated rings. The number of hydrogen-bond donors (Lipinski definition) is 2. The SMILES string of the molecule is CC1(C)CCC(C)(C)c2cc(NC(=O)O)ccc21. The van der Waals surface area contributed by atoms with Crippen molar-refractivity contribution in [3.63, 3.8) is 0 Å². The average molecular weight is 247 g/mol. The van der Waals surface area contributed by atoms with Gasteiger partial charge in [0.1, 0.15) is 0 Å². The van der Waals surface area contributed by atoms with Crippen LogP contribution in [0.2, 0.25) is 0 Å². The molecule has 0 bridgehead atoms. The Morgan fingerprint density at radius 2 is 1.67 bits per heavy atom. The molecule has 0 atom stereocenters. The van der Waals surface area contributed by atoms with Crippen LogP contribution >= 0.6 is 0 Å². The van der Waals surface area contributed by atoms with Crippen LogP contribution in [0.25, 0.3) is 0 Å². The van der Waals surface area contributed by atoms with Gasteiger partial charge < -0.3 is 5.11 Å². The first-order valence-corrected chi connectivity index (χ1v) is 6.37. The van der Waals surface area contributed by atoms with Crippen molar-refractivity contribution < 1.29 is 9.90 Å². The Morgan fingerprint density at radius 1 is 1.11 bits per heavy atom. The molecule has 1 amide bonds. The quantitative estimate of drug-likeness (QED) is 0.784. The maximum Gasteiger partial charge on any atom is 0.409 e. The zero-order chi connectivity index (χ0) is 13.6. The summed E-state index contributed by atoms with van der Waals surface area (Å²) in [5, 5.41) is 11.2. The lowest BCUT2D eigenvalue weighted by molar-refractivity contribution is 0.209. The van der Waals surface area contributed by atoms with Gasteiger partial charge in [-0.2, -0.15) is 0 Å². The summed E-state index contributed by atoms with van der Waals surface area (Å²) in [4.78, 5) is 10.7. The summed E-state index contributed by atoms with van der Waals surface area (Å²) in [5.74, 6) is 0.